The molecule has 0 heterocycles. The third-order valence-electron chi connectivity index (χ3n) is 5.25. The van der Waals surface area contributed by atoms with Crippen LogP contribution in [0, 0.1) is 5.92 Å². The molecular formula is C24H33N. The van der Waals surface area contributed by atoms with Crippen molar-refractivity contribution in [3.05, 3.63) is 82.3 Å². The lowest BCUT2D eigenvalue weighted by Crippen LogP contribution is -2.13. The molecule has 1 nitrogen and oxygen atoms in total. The second-order valence-corrected chi connectivity index (χ2v) is 7.32. The maximum atomic E-state index is 4.25. The van der Waals surface area contributed by atoms with Gasteiger partial charge in [0.1, 0.15) is 0 Å². The minimum atomic E-state index is 0.583. The van der Waals surface area contributed by atoms with Crippen LogP contribution in [0.1, 0.15) is 60.3 Å². The third kappa shape index (κ3) is 5.22. The molecule has 0 amide bonds. The van der Waals surface area contributed by atoms with Gasteiger partial charge in [-0.2, -0.15) is 0 Å². The van der Waals surface area contributed by atoms with Crippen molar-refractivity contribution in [1.29, 1.82) is 0 Å². The molecule has 0 aromatic heterocycles. The lowest BCUT2D eigenvalue weighted by molar-refractivity contribution is 0.753. The van der Waals surface area contributed by atoms with Gasteiger partial charge in [0.05, 0.1) is 0 Å². The first-order valence-electron chi connectivity index (χ1n) is 9.46. The van der Waals surface area contributed by atoms with E-state index in [2.05, 4.69) is 83.0 Å². The van der Waals surface area contributed by atoms with Gasteiger partial charge >= 0.3 is 0 Å². The van der Waals surface area contributed by atoms with E-state index >= 15 is 0 Å². The summed E-state index contributed by atoms with van der Waals surface area (Å²) in [5.41, 5.74) is 9.40. The summed E-state index contributed by atoms with van der Waals surface area (Å²) in [5, 5.41) is 3.54. The van der Waals surface area contributed by atoms with Gasteiger partial charge in [0.15, 0.2) is 0 Å². The number of allylic oxidation sites excluding steroid dienone is 13. The minimum Gasteiger partial charge on any atom is -0.363 e. The molecule has 1 heteroatoms. The molecule has 2 aliphatic rings. The summed E-state index contributed by atoms with van der Waals surface area (Å²) < 4.78 is 0. The molecule has 134 valence electrons. The van der Waals surface area contributed by atoms with Gasteiger partial charge in [-0.1, -0.05) is 61.1 Å². The van der Waals surface area contributed by atoms with Crippen molar-refractivity contribution in [3.63, 3.8) is 0 Å². The second kappa shape index (κ2) is 8.89. The van der Waals surface area contributed by atoms with Gasteiger partial charge in [0, 0.05) is 17.3 Å². The standard InChI is InChI=1S/C24H33N/c1-7-24(19(5)17(2)3)20(6)25-18(4)12-13-21-14-15-22-10-8-9-11-23(22)16-21/h8-11,14,16,22,25H,4,7,12-13,15H2,1-3,5-6H3/b24-20+. The van der Waals surface area contributed by atoms with Gasteiger partial charge in [-0.3, -0.25) is 0 Å². The smallest absolute Gasteiger partial charge is 0.0151 e. The van der Waals surface area contributed by atoms with Crippen LogP contribution in [0.3, 0.4) is 0 Å². The third-order valence-corrected chi connectivity index (χ3v) is 5.25. The van der Waals surface area contributed by atoms with Crippen LogP contribution in [0.25, 0.3) is 0 Å². The highest BCUT2D eigenvalue weighted by atomic mass is 14.9. The van der Waals surface area contributed by atoms with E-state index in [-0.39, 0.29) is 0 Å². The first kappa shape index (κ1) is 19.3. The monoisotopic (exact) mass is 335 g/mol. The van der Waals surface area contributed by atoms with Crippen LogP contribution >= 0.6 is 0 Å². The van der Waals surface area contributed by atoms with Crippen molar-refractivity contribution >= 4 is 0 Å². The predicted molar refractivity (Wildman–Crippen MR) is 111 cm³/mol. The lowest BCUT2D eigenvalue weighted by atomic mass is 9.84. The Hall–Kier alpha value is -2.02. The molecule has 25 heavy (non-hydrogen) atoms. The van der Waals surface area contributed by atoms with Crippen LogP contribution in [0.5, 0.6) is 0 Å². The average Bonchev–Trinajstić information content (AvgIpc) is 2.60. The molecule has 2 rings (SSSR count). The molecule has 0 saturated carbocycles. The number of hydrogen-bond acceptors (Lipinski definition) is 1. The molecule has 1 atom stereocenters. The largest absolute Gasteiger partial charge is 0.363 e. The summed E-state index contributed by atoms with van der Waals surface area (Å²) in [6.07, 6.45) is 17.8. The molecule has 0 saturated heterocycles. The van der Waals surface area contributed by atoms with Crippen molar-refractivity contribution in [1.82, 2.24) is 5.32 Å². The Balaban J connectivity index is 1.94. The van der Waals surface area contributed by atoms with Crippen molar-refractivity contribution in [2.45, 2.75) is 60.3 Å². The summed E-state index contributed by atoms with van der Waals surface area (Å²) in [6, 6.07) is 0. The van der Waals surface area contributed by atoms with E-state index in [1.54, 1.807) is 0 Å². The zero-order valence-electron chi connectivity index (χ0n) is 16.6. The summed E-state index contributed by atoms with van der Waals surface area (Å²) in [6.45, 7) is 15.2. The molecule has 0 radical (unpaired) electrons. The first-order chi connectivity index (χ1) is 11.9. The number of nitrogens with one attached hydrogen (secondary N) is 1. The van der Waals surface area contributed by atoms with Crippen LogP contribution in [0.15, 0.2) is 82.3 Å². The number of fused-ring (bicyclic) bond motifs is 1. The topological polar surface area (TPSA) is 12.0 Å². The summed E-state index contributed by atoms with van der Waals surface area (Å²) in [4.78, 5) is 0. The van der Waals surface area contributed by atoms with Crippen molar-refractivity contribution in [2.75, 3.05) is 0 Å². The van der Waals surface area contributed by atoms with E-state index in [1.807, 2.05) is 0 Å². The van der Waals surface area contributed by atoms with Crippen LogP contribution < -0.4 is 5.32 Å². The molecule has 1 unspecified atom stereocenters. The highest BCUT2D eigenvalue weighted by molar-refractivity contribution is 5.42. The zero-order valence-corrected chi connectivity index (χ0v) is 16.6. The fraction of sp³-hybridized carbons (Fsp3) is 0.417. The Morgan fingerprint density at radius 1 is 1.20 bits per heavy atom. The molecule has 0 bridgehead atoms. The Morgan fingerprint density at radius 2 is 1.96 bits per heavy atom. The molecule has 0 spiro atoms. The normalized spacial score (nSPS) is 19.5. The quantitative estimate of drug-likeness (QED) is 0.498. The van der Waals surface area contributed by atoms with Crippen LogP contribution in [0.2, 0.25) is 0 Å². The molecule has 0 fully saturated rings. The predicted octanol–water partition coefficient (Wildman–Crippen LogP) is 6.91. The van der Waals surface area contributed by atoms with Crippen LogP contribution in [-0.4, -0.2) is 0 Å². The molecule has 1 N–H and O–H groups in total. The maximum Gasteiger partial charge on any atom is 0.0151 e. The van der Waals surface area contributed by atoms with Gasteiger partial charge in [0.2, 0.25) is 0 Å². The number of hydrogen-bond donors (Lipinski definition) is 1. The Labute approximate surface area is 154 Å². The Bertz CT molecular complexity index is 700. The van der Waals surface area contributed by atoms with E-state index in [4.69, 9.17) is 0 Å². The fourth-order valence-corrected chi connectivity index (χ4v) is 3.51. The SMILES string of the molecule is C=C(CCC1=CCC2C=CC=CC2=C1)N/C(C)=C(\CC)C(C)=C(C)C. The maximum absolute atomic E-state index is 4.25. The van der Waals surface area contributed by atoms with E-state index < -0.39 is 0 Å². The van der Waals surface area contributed by atoms with Gasteiger partial charge in [-0.05, 0) is 70.1 Å². The minimum absolute atomic E-state index is 0.583. The van der Waals surface area contributed by atoms with E-state index in [0.717, 1.165) is 31.4 Å². The Kier molecular flexibility index (Phi) is 6.87. The van der Waals surface area contributed by atoms with E-state index in [9.17, 15) is 0 Å². The average molecular weight is 336 g/mol. The molecule has 0 aliphatic heterocycles. The van der Waals surface area contributed by atoms with Gasteiger partial charge in [-0.15, -0.1) is 0 Å². The summed E-state index contributed by atoms with van der Waals surface area (Å²) in [5.74, 6) is 0.583. The number of rotatable bonds is 7. The van der Waals surface area contributed by atoms with Crippen molar-refractivity contribution < 1.29 is 0 Å². The highest BCUT2D eigenvalue weighted by Gasteiger charge is 2.15. The van der Waals surface area contributed by atoms with Gasteiger partial charge < -0.3 is 5.32 Å². The summed E-state index contributed by atoms with van der Waals surface area (Å²) in [7, 11) is 0. The van der Waals surface area contributed by atoms with Gasteiger partial charge in [0.25, 0.3) is 0 Å². The summed E-state index contributed by atoms with van der Waals surface area (Å²) >= 11 is 0. The lowest BCUT2D eigenvalue weighted by Gasteiger charge is -2.21. The zero-order chi connectivity index (χ0) is 18.4. The van der Waals surface area contributed by atoms with Crippen molar-refractivity contribution in [2.24, 2.45) is 5.92 Å². The molecule has 0 aromatic rings. The van der Waals surface area contributed by atoms with E-state index in [1.165, 1.54) is 33.6 Å². The molecule has 2 aliphatic carbocycles. The molecular weight excluding hydrogens is 302 g/mol. The fourth-order valence-electron chi connectivity index (χ4n) is 3.51. The van der Waals surface area contributed by atoms with Crippen LogP contribution in [-0.2, 0) is 0 Å². The van der Waals surface area contributed by atoms with Gasteiger partial charge in [-0.25, -0.2) is 0 Å². The van der Waals surface area contributed by atoms with Crippen LogP contribution in [0.4, 0.5) is 0 Å². The highest BCUT2D eigenvalue weighted by Crippen LogP contribution is 2.30. The van der Waals surface area contributed by atoms with Crippen molar-refractivity contribution in [3.8, 4) is 0 Å². The molecule has 0 aromatic carbocycles. The van der Waals surface area contributed by atoms with E-state index in [0.29, 0.717) is 5.92 Å². The second-order valence-electron chi connectivity index (χ2n) is 7.32. The first-order valence-corrected chi connectivity index (χ1v) is 9.46. The Morgan fingerprint density at radius 3 is 2.64 bits per heavy atom.